The molecule has 0 aromatic heterocycles. The van der Waals surface area contributed by atoms with Crippen LogP contribution >= 0.6 is 42.4 Å². The third-order valence-corrected chi connectivity index (χ3v) is 6.49. The van der Waals surface area contributed by atoms with Crippen molar-refractivity contribution in [2.24, 2.45) is 0 Å². The molecule has 0 saturated heterocycles. The molecule has 3 nitrogen and oxygen atoms in total. The third kappa shape index (κ3) is 2.06. The summed E-state index contributed by atoms with van der Waals surface area (Å²) in [5, 5.41) is 0. The van der Waals surface area contributed by atoms with Crippen LogP contribution in [0.4, 0.5) is 0 Å². The van der Waals surface area contributed by atoms with E-state index in [2.05, 4.69) is 31.9 Å². The molecule has 2 aliphatic rings. The number of ketones is 1. The lowest BCUT2D eigenvalue weighted by Gasteiger charge is -2.41. The van der Waals surface area contributed by atoms with Gasteiger partial charge in [0.05, 0.1) is 14.6 Å². The van der Waals surface area contributed by atoms with Crippen LogP contribution in [0.25, 0.3) is 0 Å². The molecule has 6 heteroatoms. The zero-order valence-corrected chi connectivity index (χ0v) is 13.6. The molecular formula is C13H10Br2O3S. The third-order valence-electron chi connectivity index (χ3n) is 3.26. The largest absolute Gasteiger partial charge is 0.293 e. The minimum Gasteiger partial charge on any atom is -0.293 e. The minimum atomic E-state index is -3.09. The standard InChI is InChI=1S/C13H10Br2O3S/c14-8-1-3-11-7(5-8)6-9-12(19(11,17)18)4-2-10(15)13(9)16/h1-5,10,17-18H,6H2. The van der Waals surface area contributed by atoms with Crippen molar-refractivity contribution in [1.82, 2.24) is 0 Å². The molecule has 0 fully saturated rings. The Morgan fingerprint density at radius 3 is 2.79 bits per heavy atom. The van der Waals surface area contributed by atoms with Gasteiger partial charge in [0.1, 0.15) is 0 Å². The van der Waals surface area contributed by atoms with E-state index in [0.29, 0.717) is 21.8 Å². The first-order valence-corrected chi connectivity index (χ1v) is 8.83. The van der Waals surface area contributed by atoms with Gasteiger partial charge in [-0.05, 0) is 29.8 Å². The maximum atomic E-state index is 12.2. The molecule has 0 spiro atoms. The molecule has 19 heavy (non-hydrogen) atoms. The number of carbonyl (C=O) groups excluding carboxylic acids is 1. The first kappa shape index (κ1) is 13.6. The Labute approximate surface area is 129 Å². The smallest absolute Gasteiger partial charge is 0.178 e. The highest BCUT2D eigenvalue weighted by molar-refractivity contribution is 9.10. The van der Waals surface area contributed by atoms with Crippen LogP contribution in [0, 0.1) is 0 Å². The Hall–Kier alpha value is -0.400. The molecule has 2 N–H and O–H groups in total. The highest BCUT2D eigenvalue weighted by Gasteiger charge is 2.37. The molecule has 1 aliphatic carbocycles. The number of hydrogen-bond donors (Lipinski definition) is 2. The Morgan fingerprint density at radius 2 is 2.05 bits per heavy atom. The topological polar surface area (TPSA) is 57.5 Å². The van der Waals surface area contributed by atoms with Gasteiger partial charge < -0.3 is 0 Å². The van der Waals surface area contributed by atoms with Gasteiger partial charge in [0.25, 0.3) is 0 Å². The molecular weight excluding hydrogens is 396 g/mol. The molecule has 1 atom stereocenters. The zero-order valence-electron chi connectivity index (χ0n) is 9.64. The van der Waals surface area contributed by atoms with Gasteiger partial charge in [-0.1, -0.05) is 37.9 Å². The predicted octanol–water partition coefficient (Wildman–Crippen LogP) is 4.27. The van der Waals surface area contributed by atoms with E-state index in [1.807, 2.05) is 6.07 Å². The number of Topliss-reactive ketones (excluding diaryl/α,β-unsaturated/α-hetero) is 1. The molecule has 0 radical (unpaired) electrons. The fraction of sp³-hybridized carbons (Fsp3) is 0.154. The number of hydrogen-bond acceptors (Lipinski definition) is 3. The van der Waals surface area contributed by atoms with Crippen molar-refractivity contribution in [1.29, 1.82) is 0 Å². The Kier molecular flexibility index (Phi) is 3.26. The Balaban J connectivity index is 2.21. The molecule has 1 aromatic carbocycles. The van der Waals surface area contributed by atoms with E-state index in [4.69, 9.17) is 0 Å². The lowest BCUT2D eigenvalue weighted by molar-refractivity contribution is -0.114. The van der Waals surface area contributed by atoms with E-state index in [1.165, 1.54) is 0 Å². The highest BCUT2D eigenvalue weighted by Crippen LogP contribution is 2.62. The minimum absolute atomic E-state index is 0.0944. The second-order valence-corrected chi connectivity index (χ2v) is 8.33. The molecule has 0 bridgehead atoms. The molecule has 0 saturated carbocycles. The lowest BCUT2D eigenvalue weighted by Crippen LogP contribution is -2.25. The number of fused-ring (bicyclic) bond motifs is 1. The summed E-state index contributed by atoms with van der Waals surface area (Å²) < 4.78 is 21.8. The summed E-state index contributed by atoms with van der Waals surface area (Å²) in [4.78, 5) is 12.7. The van der Waals surface area contributed by atoms with Crippen LogP contribution < -0.4 is 0 Å². The van der Waals surface area contributed by atoms with Crippen LogP contribution in [0.2, 0.25) is 0 Å². The van der Waals surface area contributed by atoms with E-state index in [9.17, 15) is 13.9 Å². The molecule has 3 rings (SSSR count). The van der Waals surface area contributed by atoms with Crippen molar-refractivity contribution >= 4 is 48.2 Å². The number of rotatable bonds is 0. The van der Waals surface area contributed by atoms with Crippen molar-refractivity contribution in [2.75, 3.05) is 0 Å². The van der Waals surface area contributed by atoms with Crippen LogP contribution in [0.3, 0.4) is 0 Å². The van der Waals surface area contributed by atoms with Gasteiger partial charge in [0.15, 0.2) is 5.78 Å². The summed E-state index contributed by atoms with van der Waals surface area (Å²) in [6.07, 6.45) is 3.74. The van der Waals surface area contributed by atoms with E-state index in [0.717, 1.165) is 10.0 Å². The van der Waals surface area contributed by atoms with Crippen LogP contribution in [0.5, 0.6) is 0 Å². The summed E-state index contributed by atoms with van der Waals surface area (Å²) in [6, 6.07) is 5.32. The molecule has 1 aliphatic heterocycles. The van der Waals surface area contributed by atoms with Crippen molar-refractivity contribution in [3.8, 4) is 0 Å². The summed E-state index contributed by atoms with van der Waals surface area (Å²) in [6.45, 7) is 0. The molecule has 1 aromatic rings. The van der Waals surface area contributed by atoms with Crippen LogP contribution in [-0.2, 0) is 11.2 Å². The van der Waals surface area contributed by atoms with Crippen LogP contribution in [0.15, 0.2) is 50.2 Å². The van der Waals surface area contributed by atoms with Crippen molar-refractivity contribution in [3.63, 3.8) is 0 Å². The zero-order chi connectivity index (χ0) is 13.8. The number of allylic oxidation sites excluding steroid dienone is 3. The fourth-order valence-electron chi connectivity index (χ4n) is 2.36. The van der Waals surface area contributed by atoms with Gasteiger partial charge >= 0.3 is 0 Å². The average Bonchev–Trinajstić information content (AvgIpc) is 2.34. The Bertz CT molecular complexity index is 649. The normalized spacial score (nSPS) is 25.9. The highest BCUT2D eigenvalue weighted by atomic mass is 79.9. The maximum Gasteiger partial charge on any atom is 0.178 e. The quantitative estimate of drug-likeness (QED) is 0.633. The van der Waals surface area contributed by atoms with Crippen LogP contribution in [-0.4, -0.2) is 19.7 Å². The van der Waals surface area contributed by atoms with Gasteiger partial charge in [-0.2, -0.15) is 0 Å². The van der Waals surface area contributed by atoms with Gasteiger partial charge in [-0.15, -0.1) is 10.6 Å². The van der Waals surface area contributed by atoms with Crippen LogP contribution in [0.1, 0.15) is 5.56 Å². The second kappa shape index (κ2) is 4.56. The number of alkyl halides is 1. The van der Waals surface area contributed by atoms with E-state index in [-0.39, 0.29) is 10.6 Å². The predicted molar refractivity (Wildman–Crippen MR) is 82.8 cm³/mol. The van der Waals surface area contributed by atoms with Gasteiger partial charge in [-0.3, -0.25) is 13.9 Å². The number of halogens is 2. The number of benzene rings is 1. The SMILES string of the molecule is O=C1C2=C(C=CC1Br)S(O)(O)c1ccc(Br)cc1C2. The first-order valence-electron chi connectivity index (χ1n) is 5.57. The van der Waals surface area contributed by atoms with E-state index < -0.39 is 10.6 Å². The average molecular weight is 406 g/mol. The second-order valence-electron chi connectivity index (χ2n) is 4.45. The van der Waals surface area contributed by atoms with E-state index in [1.54, 1.807) is 24.3 Å². The fourth-order valence-corrected chi connectivity index (χ4v) is 4.97. The number of carbonyl (C=O) groups is 1. The van der Waals surface area contributed by atoms with Crippen molar-refractivity contribution < 1.29 is 13.9 Å². The lowest BCUT2D eigenvalue weighted by atomic mass is 9.96. The molecule has 1 heterocycles. The van der Waals surface area contributed by atoms with E-state index >= 15 is 0 Å². The summed E-state index contributed by atoms with van der Waals surface area (Å²) in [7, 11) is -3.09. The van der Waals surface area contributed by atoms with Crippen molar-refractivity contribution in [2.45, 2.75) is 16.1 Å². The summed E-state index contributed by atoms with van der Waals surface area (Å²) >= 11 is 6.64. The van der Waals surface area contributed by atoms with Gasteiger partial charge in [0.2, 0.25) is 0 Å². The molecule has 100 valence electrons. The van der Waals surface area contributed by atoms with Crippen molar-refractivity contribution in [3.05, 3.63) is 50.9 Å². The monoisotopic (exact) mass is 404 g/mol. The summed E-state index contributed by atoms with van der Waals surface area (Å²) in [5.74, 6) is -0.0944. The maximum absolute atomic E-state index is 12.2. The molecule has 1 unspecified atom stereocenters. The first-order chi connectivity index (χ1) is 8.91. The Morgan fingerprint density at radius 1 is 1.32 bits per heavy atom. The van der Waals surface area contributed by atoms with Gasteiger partial charge in [-0.25, -0.2) is 0 Å². The summed E-state index contributed by atoms with van der Waals surface area (Å²) in [5.41, 5.74) is 1.28. The molecule has 0 amide bonds. The van der Waals surface area contributed by atoms with Gasteiger partial charge in [0, 0.05) is 16.5 Å².